The molecule has 0 aliphatic heterocycles. The molecule has 0 saturated carbocycles. The molecule has 7 nitrogen and oxygen atoms in total. The van der Waals surface area contributed by atoms with Crippen molar-refractivity contribution in [3.63, 3.8) is 0 Å². The summed E-state index contributed by atoms with van der Waals surface area (Å²) < 4.78 is 5.46. The van der Waals surface area contributed by atoms with Crippen molar-refractivity contribution < 1.29 is 14.3 Å². The third kappa shape index (κ3) is 6.80. The number of azo groups is 1. The SMILES string of the molecule is CCOc1ccc(NC(=O)c2cc(N=Nc3ccc(C)c(Cl)c3)ccc2NC(=O)c2ccccc2)cc1. The van der Waals surface area contributed by atoms with E-state index in [4.69, 9.17) is 16.3 Å². The van der Waals surface area contributed by atoms with Gasteiger partial charge in [-0.1, -0.05) is 35.9 Å². The Morgan fingerprint density at radius 2 is 1.49 bits per heavy atom. The summed E-state index contributed by atoms with van der Waals surface area (Å²) in [5.41, 5.74) is 3.58. The third-order valence-corrected chi connectivity index (χ3v) is 5.80. The van der Waals surface area contributed by atoms with Gasteiger partial charge in [0.25, 0.3) is 11.8 Å². The predicted molar refractivity (Wildman–Crippen MR) is 147 cm³/mol. The molecule has 0 unspecified atom stereocenters. The van der Waals surface area contributed by atoms with E-state index in [0.29, 0.717) is 45.7 Å². The fraction of sp³-hybridized carbons (Fsp3) is 0.103. The minimum atomic E-state index is -0.414. The first-order chi connectivity index (χ1) is 17.9. The predicted octanol–water partition coefficient (Wildman–Crippen LogP) is 7.97. The molecule has 0 aliphatic rings. The second-order valence-corrected chi connectivity index (χ2v) is 8.50. The average Bonchev–Trinajstić information content (AvgIpc) is 2.91. The van der Waals surface area contributed by atoms with Gasteiger partial charge in [0.2, 0.25) is 0 Å². The van der Waals surface area contributed by atoms with Crippen LogP contribution in [0.15, 0.2) is 101 Å². The normalized spacial score (nSPS) is 10.8. The van der Waals surface area contributed by atoms with Crippen LogP contribution < -0.4 is 15.4 Å². The van der Waals surface area contributed by atoms with Gasteiger partial charge in [-0.15, -0.1) is 0 Å². The largest absolute Gasteiger partial charge is 0.494 e. The van der Waals surface area contributed by atoms with Gasteiger partial charge < -0.3 is 15.4 Å². The Kier molecular flexibility index (Phi) is 8.28. The fourth-order valence-electron chi connectivity index (χ4n) is 3.43. The maximum Gasteiger partial charge on any atom is 0.257 e. The van der Waals surface area contributed by atoms with Crippen molar-refractivity contribution in [3.05, 3.63) is 113 Å². The number of anilines is 2. The highest BCUT2D eigenvalue weighted by atomic mass is 35.5. The lowest BCUT2D eigenvalue weighted by molar-refractivity contribution is 0.102. The Hall–Kier alpha value is -4.49. The molecule has 2 N–H and O–H groups in total. The number of ether oxygens (including phenoxy) is 1. The summed E-state index contributed by atoms with van der Waals surface area (Å²) in [5.74, 6) is -0.0442. The molecule has 0 aromatic heterocycles. The zero-order valence-corrected chi connectivity index (χ0v) is 21.1. The quantitative estimate of drug-likeness (QED) is 0.234. The molecule has 0 bridgehead atoms. The highest BCUT2D eigenvalue weighted by Crippen LogP contribution is 2.28. The lowest BCUT2D eigenvalue weighted by Crippen LogP contribution is -2.18. The van der Waals surface area contributed by atoms with Gasteiger partial charge in [0.05, 0.1) is 29.2 Å². The van der Waals surface area contributed by atoms with Crippen LogP contribution in [-0.4, -0.2) is 18.4 Å². The van der Waals surface area contributed by atoms with E-state index in [9.17, 15) is 9.59 Å². The third-order valence-electron chi connectivity index (χ3n) is 5.39. The van der Waals surface area contributed by atoms with E-state index in [1.54, 1.807) is 78.9 Å². The Bertz CT molecular complexity index is 1440. The van der Waals surface area contributed by atoms with Gasteiger partial charge in [-0.25, -0.2) is 0 Å². The summed E-state index contributed by atoms with van der Waals surface area (Å²) in [6, 6.07) is 26.1. The van der Waals surface area contributed by atoms with Crippen molar-refractivity contribution in [3.8, 4) is 5.75 Å². The van der Waals surface area contributed by atoms with Gasteiger partial charge >= 0.3 is 0 Å². The van der Waals surface area contributed by atoms with Gasteiger partial charge in [0.15, 0.2) is 0 Å². The number of hydrogen-bond acceptors (Lipinski definition) is 5. The van der Waals surface area contributed by atoms with E-state index in [1.807, 2.05) is 26.0 Å². The Balaban J connectivity index is 1.62. The van der Waals surface area contributed by atoms with Crippen molar-refractivity contribution in [2.75, 3.05) is 17.2 Å². The second kappa shape index (κ2) is 12.0. The van der Waals surface area contributed by atoms with Gasteiger partial charge in [0, 0.05) is 16.3 Å². The van der Waals surface area contributed by atoms with Gasteiger partial charge in [-0.2, -0.15) is 10.2 Å². The van der Waals surface area contributed by atoms with Crippen LogP contribution in [0.25, 0.3) is 0 Å². The summed E-state index contributed by atoms with van der Waals surface area (Å²) in [6.07, 6.45) is 0. The standard InChI is InChI=1S/C29H25ClN4O3/c1-3-37-24-14-11-21(12-15-24)31-29(36)25-17-22(33-34-23-10-9-19(2)26(30)18-23)13-16-27(25)32-28(35)20-7-5-4-6-8-20/h4-18H,3H2,1-2H3,(H,31,36)(H,32,35). The lowest BCUT2D eigenvalue weighted by Gasteiger charge is -2.13. The van der Waals surface area contributed by atoms with E-state index >= 15 is 0 Å². The number of nitrogens with zero attached hydrogens (tertiary/aromatic N) is 2. The molecule has 4 rings (SSSR count). The smallest absolute Gasteiger partial charge is 0.257 e. The zero-order valence-electron chi connectivity index (χ0n) is 20.4. The number of carbonyl (C=O) groups is 2. The molecule has 0 aliphatic carbocycles. The topological polar surface area (TPSA) is 92.2 Å². The molecule has 0 fully saturated rings. The highest BCUT2D eigenvalue weighted by molar-refractivity contribution is 6.31. The number of halogens is 1. The molecule has 0 radical (unpaired) electrons. The van der Waals surface area contributed by atoms with Crippen LogP contribution in [0.2, 0.25) is 5.02 Å². The minimum absolute atomic E-state index is 0.233. The van der Waals surface area contributed by atoms with Crippen LogP contribution in [0.4, 0.5) is 22.7 Å². The molecule has 37 heavy (non-hydrogen) atoms. The minimum Gasteiger partial charge on any atom is -0.494 e. The van der Waals surface area contributed by atoms with Gasteiger partial charge in [-0.05, 0) is 86.1 Å². The van der Waals surface area contributed by atoms with E-state index in [0.717, 1.165) is 5.56 Å². The van der Waals surface area contributed by atoms with Crippen molar-refractivity contribution >= 4 is 46.2 Å². The first-order valence-corrected chi connectivity index (χ1v) is 12.0. The van der Waals surface area contributed by atoms with Gasteiger partial charge in [0.1, 0.15) is 5.75 Å². The van der Waals surface area contributed by atoms with Crippen LogP contribution in [0.5, 0.6) is 5.75 Å². The second-order valence-electron chi connectivity index (χ2n) is 8.10. The summed E-state index contributed by atoms with van der Waals surface area (Å²) in [7, 11) is 0. The monoisotopic (exact) mass is 512 g/mol. The number of carbonyl (C=O) groups excluding carboxylic acids is 2. The van der Waals surface area contributed by atoms with Crippen molar-refractivity contribution in [2.24, 2.45) is 10.2 Å². The van der Waals surface area contributed by atoms with Crippen molar-refractivity contribution in [2.45, 2.75) is 13.8 Å². The van der Waals surface area contributed by atoms with E-state index in [1.165, 1.54) is 0 Å². The molecule has 4 aromatic carbocycles. The molecule has 4 aromatic rings. The Morgan fingerprint density at radius 1 is 0.811 bits per heavy atom. The number of benzene rings is 4. The molecule has 0 saturated heterocycles. The van der Waals surface area contributed by atoms with E-state index in [-0.39, 0.29) is 11.5 Å². The van der Waals surface area contributed by atoms with Gasteiger partial charge in [-0.3, -0.25) is 9.59 Å². The molecule has 186 valence electrons. The Labute approximate surface area is 220 Å². The lowest BCUT2D eigenvalue weighted by atomic mass is 10.1. The summed E-state index contributed by atoms with van der Waals surface area (Å²) >= 11 is 6.18. The van der Waals surface area contributed by atoms with Crippen molar-refractivity contribution in [1.29, 1.82) is 0 Å². The molecule has 0 atom stereocenters. The van der Waals surface area contributed by atoms with Crippen LogP contribution in [0, 0.1) is 6.92 Å². The van der Waals surface area contributed by atoms with Crippen LogP contribution in [0.3, 0.4) is 0 Å². The molecular weight excluding hydrogens is 488 g/mol. The molecule has 8 heteroatoms. The number of nitrogens with one attached hydrogen (secondary N) is 2. The summed E-state index contributed by atoms with van der Waals surface area (Å²) in [4.78, 5) is 26.1. The molecule has 2 amide bonds. The van der Waals surface area contributed by atoms with Crippen molar-refractivity contribution in [1.82, 2.24) is 0 Å². The summed E-state index contributed by atoms with van der Waals surface area (Å²) in [6.45, 7) is 4.35. The molecule has 0 spiro atoms. The van der Waals surface area contributed by atoms with Crippen LogP contribution >= 0.6 is 11.6 Å². The first kappa shape index (κ1) is 25.6. The molecular formula is C29H25ClN4O3. The highest BCUT2D eigenvalue weighted by Gasteiger charge is 2.16. The Morgan fingerprint density at radius 3 is 2.16 bits per heavy atom. The number of rotatable bonds is 8. The molecule has 0 heterocycles. The number of hydrogen-bond donors (Lipinski definition) is 2. The number of amides is 2. The van der Waals surface area contributed by atoms with E-state index < -0.39 is 5.91 Å². The average molecular weight is 513 g/mol. The van der Waals surface area contributed by atoms with Crippen LogP contribution in [0.1, 0.15) is 33.2 Å². The maximum atomic E-state index is 13.3. The van der Waals surface area contributed by atoms with E-state index in [2.05, 4.69) is 20.9 Å². The zero-order chi connectivity index (χ0) is 26.2. The van der Waals surface area contributed by atoms with Crippen LogP contribution in [-0.2, 0) is 0 Å². The first-order valence-electron chi connectivity index (χ1n) is 11.7. The maximum absolute atomic E-state index is 13.3. The summed E-state index contributed by atoms with van der Waals surface area (Å²) in [5, 5.41) is 14.8. The fourth-order valence-corrected chi connectivity index (χ4v) is 3.61. The number of aryl methyl sites for hydroxylation is 1.